The molecule has 1 aliphatic heterocycles. The maximum absolute atomic E-state index is 12.6. The summed E-state index contributed by atoms with van der Waals surface area (Å²) in [6.07, 6.45) is 5.23. The lowest BCUT2D eigenvalue weighted by atomic mass is 10.0. The molecule has 0 aliphatic carbocycles. The second-order valence-electron chi connectivity index (χ2n) is 4.99. The van der Waals surface area contributed by atoms with Crippen LogP contribution in [-0.4, -0.2) is 29.7 Å². The molecule has 0 spiro atoms. The summed E-state index contributed by atoms with van der Waals surface area (Å²) in [7, 11) is 1.97. The molecule has 0 bridgehead atoms. The highest BCUT2D eigenvalue weighted by Gasteiger charge is 2.26. The first-order valence-corrected chi connectivity index (χ1v) is 6.88. The number of nitrogens with one attached hydrogen (secondary N) is 2. The van der Waals surface area contributed by atoms with Crippen LogP contribution in [0.2, 0.25) is 0 Å². The zero-order chi connectivity index (χ0) is 13.9. The van der Waals surface area contributed by atoms with Gasteiger partial charge in [0.05, 0.1) is 11.8 Å². The van der Waals surface area contributed by atoms with Crippen LogP contribution >= 0.6 is 0 Å². The van der Waals surface area contributed by atoms with Crippen LogP contribution in [0.15, 0.2) is 36.7 Å². The van der Waals surface area contributed by atoms with Crippen LogP contribution in [0.5, 0.6) is 0 Å². The molecule has 2 aromatic rings. The number of benzene rings is 1. The minimum absolute atomic E-state index is 0.00273. The first kappa shape index (κ1) is 12.9. The molecule has 3 rings (SSSR count). The summed E-state index contributed by atoms with van der Waals surface area (Å²) < 4.78 is 0. The van der Waals surface area contributed by atoms with E-state index < -0.39 is 0 Å². The van der Waals surface area contributed by atoms with Crippen molar-refractivity contribution in [1.29, 1.82) is 0 Å². The summed E-state index contributed by atoms with van der Waals surface area (Å²) in [5, 5.41) is 9.90. The van der Waals surface area contributed by atoms with E-state index in [-0.39, 0.29) is 5.91 Å². The average molecular weight is 270 g/mol. The lowest BCUT2D eigenvalue weighted by molar-refractivity contribution is 0.0987. The second-order valence-corrected chi connectivity index (χ2v) is 4.99. The number of para-hydroxylation sites is 1. The smallest absolute Gasteiger partial charge is 0.261 e. The van der Waals surface area contributed by atoms with E-state index in [0.29, 0.717) is 11.6 Å². The topological polar surface area (TPSA) is 61.0 Å². The van der Waals surface area contributed by atoms with E-state index in [1.165, 1.54) is 5.56 Å². The molecule has 0 saturated carbocycles. The zero-order valence-corrected chi connectivity index (χ0v) is 11.5. The predicted octanol–water partition coefficient (Wildman–Crippen LogP) is 2.11. The molecule has 2 heterocycles. The van der Waals surface area contributed by atoms with Gasteiger partial charge in [-0.15, -0.1) is 0 Å². The zero-order valence-electron chi connectivity index (χ0n) is 11.5. The number of carbonyl (C=O) groups excluding carboxylic acids is 1. The van der Waals surface area contributed by atoms with E-state index >= 15 is 0 Å². The van der Waals surface area contributed by atoms with E-state index in [2.05, 4.69) is 21.6 Å². The molecule has 1 amide bonds. The Balaban J connectivity index is 2.01. The molecule has 5 heteroatoms. The molecule has 104 valence electrons. The fraction of sp³-hybridized carbons (Fsp3) is 0.333. The van der Waals surface area contributed by atoms with Gasteiger partial charge in [0.1, 0.15) is 0 Å². The summed E-state index contributed by atoms with van der Waals surface area (Å²) in [5.74, 6) is 0.00273. The number of amides is 1. The van der Waals surface area contributed by atoms with E-state index in [9.17, 15) is 4.79 Å². The van der Waals surface area contributed by atoms with Crippen molar-refractivity contribution < 1.29 is 4.79 Å². The van der Waals surface area contributed by atoms with Crippen molar-refractivity contribution in [2.45, 2.75) is 18.9 Å². The summed E-state index contributed by atoms with van der Waals surface area (Å²) in [6.45, 7) is 0.735. The van der Waals surface area contributed by atoms with Crippen molar-refractivity contribution >= 4 is 11.6 Å². The largest absolute Gasteiger partial charge is 0.313 e. The third kappa shape index (κ3) is 2.20. The van der Waals surface area contributed by atoms with Gasteiger partial charge in [0.15, 0.2) is 0 Å². The lowest BCUT2D eigenvalue weighted by Crippen LogP contribution is -2.31. The van der Waals surface area contributed by atoms with E-state index in [1.807, 2.05) is 30.1 Å². The number of aromatic nitrogens is 2. The van der Waals surface area contributed by atoms with Crippen LogP contribution in [-0.2, 0) is 0 Å². The maximum Gasteiger partial charge on any atom is 0.261 e. The van der Waals surface area contributed by atoms with Crippen molar-refractivity contribution in [3.05, 3.63) is 47.8 Å². The molecule has 1 atom stereocenters. The third-order valence-electron chi connectivity index (χ3n) is 3.82. The number of hydrogen-bond donors (Lipinski definition) is 2. The number of aromatic amines is 1. The molecule has 20 heavy (non-hydrogen) atoms. The Morgan fingerprint density at radius 2 is 2.30 bits per heavy atom. The van der Waals surface area contributed by atoms with Crippen LogP contribution < -0.4 is 10.2 Å². The van der Waals surface area contributed by atoms with Crippen molar-refractivity contribution in [2.24, 2.45) is 0 Å². The van der Waals surface area contributed by atoms with Crippen LogP contribution in [0.4, 0.5) is 5.69 Å². The first-order valence-electron chi connectivity index (χ1n) is 6.88. The van der Waals surface area contributed by atoms with Gasteiger partial charge < -0.3 is 10.2 Å². The van der Waals surface area contributed by atoms with E-state index in [0.717, 1.165) is 25.1 Å². The molecular formula is C15H18N4O. The fourth-order valence-corrected chi connectivity index (χ4v) is 2.79. The van der Waals surface area contributed by atoms with Crippen molar-refractivity contribution in [2.75, 3.05) is 18.5 Å². The molecule has 5 nitrogen and oxygen atoms in total. The van der Waals surface area contributed by atoms with Gasteiger partial charge in [0, 0.05) is 24.5 Å². The number of hydrogen-bond acceptors (Lipinski definition) is 3. The molecule has 1 unspecified atom stereocenters. The number of rotatable bonds is 2. The van der Waals surface area contributed by atoms with Gasteiger partial charge in [-0.1, -0.05) is 18.2 Å². The monoisotopic (exact) mass is 270 g/mol. The number of nitrogens with zero attached hydrogens (tertiary/aromatic N) is 2. The van der Waals surface area contributed by atoms with Crippen LogP contribution in [0.25, 0.3) is 0 Å². The Morgan fingerprint density at radius 3 is 3.05 bits per heavy atom. The summed E-state index contributed by atoms with van der Waals surface area (Å²) in [6, 6.07) is 8.41. The van der Waals surface area contributed by atoms with Gasteiger partial charge in [0.25, 0.3) is 5.91 Å². The summed E-state index contributed by atoms with van der Waals surface area (Å²) in [4.78, 5) is 14.5. The molecule has 0 radical (unpaired) electrons. The number of H-pyrrole nitrogens is 1. The summed E-state index contributed by atoms with van der Waals surface area (Å²) >= 11 is 0. The second kappa shape index (κ2) is 5.46. The van der Waals surface area contributed by atoms with Gasteiger partial charge in [-0.2, -0.15) is 5.10 Å². The highest BCUT2D eigenvalue weighted by molar-refractivity contribution is 6.06. The number of carbonyl (C=O) groups is 1. The molecule has 0 fully saturated rings. The Morgan fingerprint density at radius 1 is 1.45 bits per heavy atom. The highest BCUT2D eigenvalue weighted by atomic mass is 16.2. The molecule has 2 N–H and O–H groups in total. The van der Waals surface area contributed by atoms with Crippen LogP contribution in [0.1, 0.15) is 34.8 Å². The van der Waals surface area contributed by atoms with Gasteiger partial charge in [-0.05, 0) is 31.5 Å². The average Bonchev–Trinajstić information content (AvgIpc) is 2.95. The summed E-state index contributed by atoms with van der Waals surface area (Å²) in [5.41, 5.74) is 2.78. The van der Waals surface area contributed by atoms with Gasteiger partial charge in [-0.3, -0.25) is 9.89 Å². The van der Waals surface area contributed by atoms with Crippen LogP contribution in [0, 0.1) is 0 Å². The Hall–Kier alpha value is -2.14. The molecule has 1 aromatic carbocycles. The lowest BCUT2D eigenvalue weighted by Gasteiger charge is -2.23. The Bertz CT molecular complexity index is 594. The minimum atomic E-state index is 0.00273. The van der Waals surface area contributed by atoms with Crippen LogP contribution in [0.3, 0.4) is 0 Å². The predicted molar refractivity (Wildman–Crippen MR) is 77.7 cm³/mol. The van der Waals surface area contributed by atoms with Gasteiger partial charge in [-0.25, -0.2) is 0 Å². The molecule has 0 saturated heterocycles. The highest BCUT2D eigenvalue weighted by Crippen LogP contribution is 2.33. The van der Waals surface area contributed by atoms with E-state index in [1.54, 1.807) is 12.4 Å². The van der Waals surface area contributed by atoms with Crippen molar-refractivity contribution in [1.82, 2.24) is 15.5 Å². The number of anilines is 1. The Labute approximate surface area is 118 Å². The SMILES string of the molecule is CNC1CCCN(C(=O)c2cn[nH]c2)c2ccccc21. The first-order chi connectivity index (χ1) is 9.81. The molecule has 1 aromatic heterocycles. The number of fused-ring (bicyclic) bond motifs is 1. The third-order valence-corrected chi connectivity index (χ3v) is 3.82. The van der Waals surface area contributed by atoms with Crippen molar-refractivity contribution in [3.63, 3.8) is 0 Å². The quantitative estimate of drug-likeness (QED) is 0.878. The molecule has 1 aliphatic rings. The maximum atomic E-state index is 12.6. The normalized spacial score (nSPS) is 18.4. The molecular weight excluding hydrogens is 252 g/mol. The van der Waals surface area contributed by atoms with Gasteiger partial charge >= 0.3 is 0 Å². The minimum Gasteiger partial charge on any atom is -0.313 e. The Kier molecular flexibility index (Phi) is 3.52. The van der Waals surface area contributed by atoms with Crippen molar-refractivity contribution in [3.8, 4) is 0 Å². The van der Waals surface area contributed by atoms with E-state index in [4.69, 9.17) is 0 Å². The fourth-order valence-electron chi connectivity index (χ4n) is 2.79. The standard InChI is InChI=1S/C15H18N4O/c1-16-13-6-4-8-19(14-7-3-2-5-12(13)14)15(20)11-9-17-18-10-11/h2-3,5,7,9-10,13,16H,4,6,8H2,1H3,(H,17,18). The van der Waals surface area contributed by atoms with Gasteiger partial charge in [0.2, 0.25) is 0 Å².